The van der Waals surface area contributed by atoms with E-state index in [0.29, 0.717) is 33.7 Å². The number of hydrogen-bond acceptors (Lipinski definition) is 3. The highest BCUT2D eigenvalue weighted by molar-refractivity contribution is 6.30. The second-order valence-corrected chi connectivity index (χ2v) is 6.77. The third kappa shape index (κ3) is 2.93. The lowest BCUT2D eigenvalue weighted by atomic mass is 9.90. The number of carboxylic acids is 1. The standard InChI is InChI=1S/C21H15ClO4/c22-15-5-1-3-12(10-15)9-13-4-2-6-16-19(23)17-11-14(21(24)25)7-8-18(17)26-20(13)16/h1,3,5,7-11H,2,4,6H2,(H,24,25)/b13-9-. The summed E-state index contributed by atoms with van der Waals surface area (Å²) in [5.74, 6) is -0.470. The molecule has 0 amide bonds. The normalized spacial score (nSPS) is 15.2. The van der Waals surface area contributed by atoms with Crippen molar-refractivity contribution in [3.05, 3.63) is 80.2 Å². The summed E-state index contributed by atoms with van der Waals surface area (Å²) in [5, 5.41) is 10.1. The number of halogens is 1. The van der Waals surface area contributed by atoms with E-state index in [9.17, 15) is 9.59 Å². The zero-order chi connectivity index (χ0) is 18.3. The molecule has 3 aromatic rings. The molecule has 1 aliphatic carbocycles. The van der Waals surface area contributed by atoms with E-state index in [1.54, 1.807) is 6.07 Å². The van der Waals surface area contributed by atoms with Crippen LogP contribution in [0.5, 0.6) is 0 Å². The van der Waals surface area contributed by atoms with Gasteiger partial charge >= 0.3 is 5.97 Å². The molecular formula is C21H15ClO4. The van der Waals surface area contributed by atoms with Crippen molar-refractivity contribution < 1.29 is 14.3 Å². The Morgan fingerprint density at radius 3 is 2.77 bits per heavy atom. The van der Waals surface area contributed by atoms with E-state index in [1.807, 2.05) is 30.3 Å². The molecule has 0 bridgehead atoms. The first-order valence-corrected chi connectivity index (χ1v) is 8.70. The summed E-state index contributed by atoms with van der Waals surface area (Å²) in [6.45, 7) is 0. The molecule has 0 aliphatic heterocycles. The Hall–Kier alpha value is -2.85. The molecule has 0 spiro atoms. The van der Waals surface area contributed by atoms with E-state index in [0.717, 1.165) is 24.0 Å². The molecule has 0 atom stereocenters. The molecule has 0 fully saturated rings. The van der Waals surface area contributed by atoms with Crippen LogP contribution in [0.1, 0.15) is 40.1 Å². The molecule has 1 heterocycles. The average molecular weight is 367 g/mol. The van der Waals surface area contributed by atoms with Crippen LogP contribution >= 0.6 is 11.6 Å². The van der Waals surface area contributed by atoms with Gasteiger partial charge in [0.2, 0.25) is 0 Å². The van der Waals surface area contributed by atoms with Gasteiger partial charge in [-0.05, 0) is 66.8 Å². The van der Waals surface area contributed by atoms with Gasteiger partial charge in [0, 0.05) is 10.6 Å². The zero-order valence-corrected chi connectivity index (χ0v) is 14.5. The Morgan fingerprint density at radius 1 is 1.15 bits per heavy atom. The summed E-state index contributed by atoms with van der Waals surface area (Å²) in [5.41, 5.74) is 2.84. The van der Waals surface area contributed by atoms with E-state index >= 15 is 0 Å². The molecule has 4 nitrogen and oxygen atoms in total. The van der Waals surface area contributed by atoms with Crippen molar-refractivity contribution in [1.29, 1.82) is 0 Å². The molecule has 5 heteroatoms. The Kier molecular flexibility index (Phi) is 4.13. The van der Waals surface area contributed by atoms with Crippen LogP contribution in [0.2, 0.25) is 5.02 Å². The summed E-state index contributed by atoms with van der Waals surface area (Å²) in [4.78, 5) is 24.1. The highest BCUT2D eigenvalue weighted by atomic mass is 35.5. The quantitative estimate of drug-likeness (QED) is 0.691. The minimum atomic E-state index is -1.06. The van der Waals surface area contributed by atoms with Crippen LogP contribution in [0.15, 0.2) is 51.7 Å². The molecule has 1 aromatic heterocycles. The number of rotatable bonds is 2. The minimum Gasteiger partial charge on any atom is -0.478 e. The van der Waals surface area contributed by atoms with Crippen molar-refractivity contribution in [2.75, 3.05) is 0 Å². The van der Waals surface area contributed by atoms with Crippen LogP contribution in [0.25, 0.3) is 22.6 Å². The third-order valence-electron chi connectivity index (χ3n) is 4.59. The van der Waals surface area contributed by atoms with Crippen LogP contribution < -0.4 is 5.43 Å². The van der Waals surface area contributed by atoms with Gasteiger partial charge in [-0.15, -0.1) is 0 Å². The fourth-order valence-corrected chi connectivity index (χ4v) is 3.56. The first-order chi connectivity index (χ1) is 12.5. The van der Waals surface area contributed by atoms with Gasteiger partial charge in [0.1, 0.15) is 11.3 Å². The predicted molar refractivity (Wildman–Crippen MR) is 102 cm³/mol. The molecule has 1 N–H and O–H groups in total. The van der Waals surface area contributed by atoms with Crippen molar-refractivity contribution in [3.8, 4) is 0 Å². The highest BCUT2D eigenvalue weighted by Crippen LogP contribution is 2.33. The minimum absolute atomic E-state index is 0.0789. The van der Waals surface area contributed by atoms with E-state index in [2.05, 4.69) is 0 Å². The SMILES string of the molecule is O=C(O)c1ccc2oc3c(c(=O)c2c1)CCC/C3=C/c1cccc(Cl)c1. The molecule has 0 saturated heterocycles. The van der Waals surface area contributed by atoms with Crippen LogP contribution in [0.4, 0.5) is 0 Å². The fourth-order valence-electron chi connectivity index (χ4n) is 3.36. The zero-order valence-electron chi connectivity index (χ0n) is 13.8. The number of carbonyl (C=O) groups is 1. The van der Waals surface area contributed by atoms with Crippen LogP contribution in [-0.2, 0) is 6.42 Å². The van der Waals surface area contributed by atoms with Gasteiger partial charge in [-0.1, -0.05) is 23.7 Å². The molecule has 4 rings (SSSR count). The Labute approximate surface area is 154 Å². The molecule has 2 aromatic carbocycles. The third-order valence-corrected chi connectivity index (χ3v) is 4.82. The van der Waals surface area contributed by atoms with Crippen molar-refractivity contribution in [2.45, 2.75) is 19.3 Å². The highest BCUT2D eigenvalue weighted by Gasteiger charge is 2.22. The molecule has 1 aliphatic rings. The van der Waals surface area contributed by atoms with Gasteiger partial charge < -0.3 is 9.52 Å². The second-order valence-electron chi connectivity index (χ2n) is 6.33. The topological polar surface area (TPSA) is 67.5 Å². The van der Waals surface area contributed by atoms with Gasteiger partial charge in [0.25, 0.3) is 0 Å². The number of carboxylic acid groups (broad SMARTS) is 1. The van der Waals surface area contributed by atoms with E-state index in [4.69, 9.17) is 21.1 Å². The van der Waals surface area contributed by atoms with Crippen molar-refractivity contribution >= 4 is 40.2 Å². The van der Waals surface area contributed by atoms with E-state index in [-0.39, 0.29) is 11.0 Å². The molecular weight excluding hydrogens is 352 g/mol. The Balaban J connectivity index is 1.91. The van der Waals surface area contributed by atoms with E-state index < -0.39 is 5.97 Å². The number of benzene rings is 2. The summed E-state index contributed by atoms with van der Waals surface area (Å²) in [6, 6.07) is 11.9. The van der Waals surface area contributed by atoms with Gasteiger partial charge in [-0.25, -0.2) is 4.79 Å². The lowest BCUT2D eigenvalue weighted by Crippen LogP contribution is -2.16. The van der Waals surface area contributed by atoms with Gasteiger partial charge in [0.15, 0.2) is 5.43 Å². The van der Waals surface area contributed by atoms with Crippen molar-refractivity contribution in [1.82, 2.24) is 0 Å². The average Bonchev–Trinajstić information content (AvgIpc) is 2.62. The smallest absolute Gasteiger partial charge is 0.335 e. The summed E-state index contributed by atoms with van der Waals surface area (Å²) >= 11 is 6.06. The van der Waals surface area contributed by atoms with Gasteiger partial charge in [-0.3, -0.25) is 4.79 Å². The molecule has 130 valence electrons. The van der Waals surface area contributed by atoms with Crippen LogP contribution in [0.3, 0.4) is 0 Å². The van der Waals surface area contributed by atoms with Crippen molar-refractivity contribution in [3.63, 3.8) is 0 Å². The number of aromatic carboxylic acids is 1. The summed E-state index contributed by atoms with van der Waals surface area (Å²) in [6.07, 6.45) is 4.26. The first kappa shape index (κ1) is 16.6. The monoisotopic (exact) mass is 366 g/mol. The number of allylic oxidation sites excluding steroid dienone is 1. The Bertz CT molecular complexity index is 1120. The maximum atomic E-state index is 12.9. The lowest BCUT2D eigenvalue weighted by molar-refractivity contribution is 0.0697. The maximum absolute atomic E-state index is 12.9. The number of hydrogen-bond donors (Lipinski definition) is 1. The van der Waals surface area contributed by atoms with Crippen molar-refractivity contribution in [2.24, 2.45) is 0 Å². The maximum Gasteiger partial charge on any atom is 0.335 e. The first-order valence-electron chi connectivity index (χ1n) is 8.32. The molecule has 0 radical (unpaired) electrons. The molecule has 0 saturated carbocycles. The second kappa shape index (κ2) is 6.46. The van der Waals surface area contributed by atoms with Gasteiger partial charge in [-0.2, -0.15) is 0 Å². The summed E-state index contributed by atoms with van der Waals surface area (Å²) < 4.78 is 6.02. The Morgan fingerprint density at radius 2 is 2.00 bits per heavy atom. The molecule has 26 heavy (non-hydrogen) atoms. The fraction of sp³-hybridized carbons (Fsp3) is 0.143. The van der Waals surface area contributed by atoms with E-state index in [1.165, 1.54) is 12.1 Å². The summed E-state index contributed by atoms with van der Waals surface area (Å²) in [7, 11) is 0. The van der Waals surface area contributed by atoms with Crippen LogP contribution in [-0.4, -0.2) is 11.1 Å². The van der Waals surface area contributed by atoms with Crippen LogP contribution in [0, 0.1) is 0 Å². The van der Waals surface area contributed by atoms with Gasteiger partial charge in [0.05, 0.1) is 10.9 Å². The lowest BCUT2D eigenvalue weighted by Gasteiger charge is -2.18. The molecule has 0 unspecified atom stereocenters. The largest absolute Gasteiger partial charge is 0.478 e. The predicted octanol–water partition coefficient (Wildman–Crippen LogP) is 5.02. The number of fused-ring (bicyclic) bond motifs is 2.